The highest BCUT2D eigenvalue weighted by Gasteiger charge is 2.09. The maximum atomic E-state index is 5.28. The predicted octanol–water partition coefficient (Wildman–Crippen LogP) is 2.56. The van der Waals surface area contributed by atoms with Gasteiger partial charge in [0.1, 0.15) is 17.2 Å². The van der Waals surface area contributed by atoms with Crippen LogP contribution in [0, 0.1) is 0 Å². The molecule has 0 amide bonds. The summed E-state index contributed by atoms with van der Waals surface area (Å²) in [5, 5.41) is 8.54. The van der Waals surface area contributed by atoms with Crippen LogP contribution < -0.4 is 9.47 Å². The van der Waals surface area contributed by atoms with Crippen molar-refractivity contribution in [2.75, 3.05) is 14.2 Å². The number of imidazole rings is 1. The van der Waals surface area contributed by atoms with Gasteiger partial charge in [-0.25, -0.2) is 4.98 Å². The second-order valence-corrected chi connectivity index (χ2v) is 4.77. The van der Waals surface area contributed by atoms with E-state index in [0.717, 1.165) is 22.8 Å². The van der Waals surface area contributed by atoms with E-state index in [1.54, 1.807) is 20.4 Å². The van der Waals surface area contributed by atoms with Crippen molar-refractivity contribution in [3.05, 3.63) is 42.7 Å². The summed E-state index contributed by atoms with van der Waals surface area (Å²) in [6.45, 7) is 0. The predicted molar refractivity (Wildman–Crippen MR) is 82.8 cm³/mol. The van der Waals surface area contributed by atoms with Gasteiger partial charge in [-0.15, -0.1) is 10.2 Å². The zero-order valence-electron chi connectivity index (χ0n) is 12.6. The Labute approximate surface area is 128 Å². The molecule has 0 saturated heterocycles. The molecule has 0 aliphatic rings. The summed E-state index contributed by atoms with van der Waals surface area (Å²) in [5.74, 6) is 2.20. The van der Waals surface area contributed by atoms with Crippen LogP contribution in [0.2, 0.25) is 0 Å². The minimum atomic E-state index is 0.712. The summed E-state index contributed by atoms with van der Waals surface area (Å²) in [4.78, 5) is 4.26. The monoisotopic (exact) mass is 296 g/mol. The van der Waals surface area contributed by atoms with Crippen LogP contribution in [0.1, 0.15) is 0 Å². The number of rotatable bonds is 4. The molecule has 0 radical (unpaired) electrons. The van der Waals surface area contributed by atoms with Crippen molar-refractivity contribution in [1.29, 1.82) is 0 Å². The van der Waals surface area contributed by atoms with Gasteiger partial charge in [0.2, 0.25) is 0 Å². The summed E-state index contributed by atoms with van der Waals surface area (Å²) in [6, 6.07) is 9.42. The number of hydrogen-bond acceptors (Lipinski definition) is 5. The third-order valence-electron chi connectivity index (χ3n) is 3.36. The van der Waals surface area contributed by atoms with Gasteiger partial charge >= 0.3 is 0 Å². The molecule has 0 bridgehead atoms. The fourth-order valence-corrected chi connectivity index (χ4v) is 2.17. The summed E-state index contributed by atoms with van der Waals surface area (Å²) in [5.41, 5.74) is 2.36. The van der Waals surface area contributed by atoms with Gasteiger partial charge < -0.3 is 14.0 Å². The Kier molecular flexibility index (Phi) is 3.74. The Morgan fingerprint density at radius 3 is 2.05 bits per heavy atom. The molecule has 0 aliphatic carbocycles. The molecular weight excluding hydrogens is 280 g/mol. The van der Waals surface area contributed by atoms with Crippen LogP contribution in [0.3, 0.4) is 0 Å². The van der Waals surface area contributed by atoms with Crippen LogP contribution in [-0.4, -0.2) is 34.0 Å². The molecule has 6 heteroatoms. The third-order valence-corrected chi connectivity index (χ3v) is 3.36. The Hall–Kier alpha value is -2.89. The first-order chi connectivity index (χ1) is 10.7. The van der Waals surface area contributed by atoms with E-state index in [1.807, 2.05) is 48.1 Å². The van der Waals surface area contributed by atoms with Crippen molar-refractivity contribution in [2.24, 2.45) is 7.05 Å². The molecule has 0 atom stereocenters. The van der Waals surface area contributed by atoms with E-state index in [-0.39, 0.29) is 0 Å². The maximum absolute atomic E-state index is 5.28. The molecule has 22 heavy (non-hydrogen) atoms. The topological polar surface area (TPSA) is 62.1 Å². The highest BCUT2D eigenvalue weighted by Crippen LogP contribution is 2.28. The summed E-state index contributed by atoms with van der Waals surface area (Å²) in [7, 11) is 5.16. The summed E-state index contributed by atoms with van der Waals surface area (Å²) < 4.78 is 12.5. The molecule has 112 valence electrons. The molecule has 2 aromatic heterocycles. The van der Waals surface area contributed by atoms with Gasteiger partial charge in [-0.2, -0.15) is 0 Å². The molecule has 1 aromatic carbocycles. The quantitative estimate of drug-likeness (QED) is 0.740. The normalized spacial score (nSPS) is 10.5. The maximum Gasteiger partial charge on any atom is 0.160 e. The number of nitrogens with zero attached hydrogens (tertiary/aromatic N) is 4. The first-order valence-electron chi connectivity index (χ1n) is 6.76. The van der Waals surface area contributed by atoms with Crippen LogP contribution in [0.5, 0.6) is 11.5 Å². The second kappa shape index (κ2) is 5.85. The Bertz CT molecular complexity index is 759. The fourth-order valence-electron chi connectivity index (χ4n) is 2.17. The third kappa shape index (κ3) is 2.63. The van der Waals surface area contributed by atoms with Crippen molar-refractivity contribution < 1.29 is 9.47 Å². The van der Waals surface area contributed by atoms with Crippen molar-refractivity contribution in [3.63, 3.8) is 0 Å². The number of methoxy groups -OCH3 is 2. The van der Waals surface area contributed by atoms with Crippen molar-refractivity contribution in [3.8, 4) is 34.3 Å². The molecular formula is C16H16N4O2. The number of benzene rings is 1. The van der Waals surface area contributed by atoms with Gasteiger partial charge in [0.25, 0.3) is 0 Å². The molecule has 3 aromatic rings. The minimum absolute atomic E-state index is 0.712. The standard InChI is InChI=1S/C16H16N4O2/c1-20-7-6-17-16(20)15-5-4-14(18-19-15)11-8-12(21-2)10-13(9-11)22-3/h4-10H,1-3H3. The Balaban J connectivity index is 1.98. The van der Waals surface area contributed by atoms with Gasteiger partial charge in [0.05, 0.1) is 19.9 Å². The largest absolute Gasteiger partial charge is 0.497 e. The fraction of sp³-hybridized carbons (Fsp3) is 0.188. The molecule has 6 nitrogen and oxygen atoms in total. The van der Waals surface area contributed by atoms with Gasteiger partial charge in [-0.3, -0.25) is 0 Å². The van der Waals surface area contributed by atoms with Crippen LogP contribution in [-0.2, 0) is 7.05 Å². The number of aryl methyl sites for hydroxylation is 1. The molecule has 0 fully saturated rings. The molecule has 0 spiro atoms. The van der Waals surface area contributed by atoms with E-state index in [4.69, 9.17) is 9.47 Å². The lowest BCUT2D eigenvalue weighted by Crippen LogP contribution is -1.97. The highest BCUT2D eigenvalue weighted by molar-refractivity contribution is 5.65. The Morgan fingerprint density at radius 2 is 1.55 bits per heavy atom. The zero-order chi connectivity index (χ0) is 15.5. The van der Waals surface area contributed by atoms with Crippen molar-refractivity contribution in [2.45, 2.75) is 0 Å². The van der Waals surface area contributed by atoms with Gasteiger partial charge in [-0.1, -0.05) is 0 Å². The van der Waals surface area contributed by atoms with Crippen LogP contribution >= 0.6 is 0 Å². The lowest BCUT2D eigenvalue weighted by atomic mass is 10.1. The minimum Gasteiger partial charge on any atom is -0.497 e. The molecule has 0 unspecified atom stereocenters. The number of hydrogen-bond donors (Lipinski definition) is 0. The van der Waals surface area contributed by atoms with Gasteiger partial charge in [0.15, 0.2) is 5.82 Å². The highest BCUT2D eigenvalue weighted by atomic mass is 16.5. The lowest BCUT2D eigenvalue weighted by molar-refractivity contribution is 0.394. The van der Waals surface area contributed by atoms with Gasteiger partial charge in [-0.05, 0) is 24.3 Å². The molecule has 0 aliphatic heterocycles. The van der Waals surface area contributed by atoms with E-state index in [2.05, 4.69) is 15.2 Å². The average molecular weight is 296 g/mol. The van der Waals surface area contributed by atoms with E-state index >= 15 is 0 Å². The SMILES string of the molecule is COc1cc(OC)cc(-c2ccc(-c3nccn3C)nn2)c1. The number of aromatic nitrogens is 4. The van der Waals surface area contributed by atoms with E-state index in [9.17, 15) is 0 Å². The van der Waals surface area contributed by atoms with Gasteiger partial charge in [0, 0.05) is 31.1 Å². The van der Waals surface area contributed by atoms with E-state index in [0.29, 0.717) is 11.5 Å². The summed E-state index contributed by atoms with van der Waals surface area (Å²) >= 11 is 0. The zero-order valence-corrected chi connectivity index (χ0v) is 12.6. The average Bonchev–Trinajstić information content (AvgIpc) is 3.00. The first kappa shape index (κ1) is 14.1. The Morgan fingerprint density at radius 1 is 0.909 bits per heavy atom. The van der Waals surface area contributed by atoms with Crippen molar-refractivity contribution in [1.82, 2.24) is 19.7 Å². The van der Waals surface area contributed by atoms with E-state index in [1.165, 1.54) is 0 Å². The van der Waals surface area contributed by atoms with Crippen LogP contribution in [0.15, 0.2) is 42.7 Å². The van der Waals surface area contributed by atoms with Crippen LogP contribution in [0.4, 0.5) is 0 Å². The molecule has 0 N–H and O–H groups in total. The second-order valence-electron chi connectivity index (χ2n) is 4.77. The molecule has 0 saturated carbocycles. The van der Waals surface area contributed by atoms with E-state index < -0.39 is 0 Å². The number of ether oxygens (including phenoxy) is 2. The smallest absolute Gasteiger partial charge is 0.160 e. The first-order valence-corrected chi connectivity index (χ1v) is 6.76. The van der Waals surface area contributed by atoms with Crippen LogP contribution in [0.25, 0.3) is 22.8 Å². The molecule has 2 heterocycles. The molecule has 3 rings (SSSR count). The summed E-state index contributed by atoms with van der Waals surface area (Å²) in [6.07, 6.45) is 3.61. The van der Waals surface area contributed by atoms with Crippen molar-refractivity contribution >= 4 is 0 Å². The lowest BCUT2D eigenvalue weighted by Gasteiger charge is -2.08.